The van der Waals surface area contributed by atoms with E-state index in [1.807, 2.05) is 7.05 Å². The fraction of sp³-hybridized carbons (Fsp3) is 0.600. The van der Waals surface area contributed by atoms with Gasteiger partial charge in [-0.15, -0.1) is 0 Å². The van der Waals surface area contributed by atoms with Crippen molar-refractivity contribution in [3.8, 4) is 5.75 Å². The summed E-state index contributed by atoms with van der Waals surface area (Å²) in [5, 5.41) is 3.46. The number of rotatable bonds is 2. The molecule has 2 rings (SSSR count). The van der Waals surface area contributed by atoms with Crippen LogP contribution in [0.1, 0.15) is 43.9 Å². The van der Waals surface area contributed by atoms with Crippen LogP contribution in [0.2, 0.25) is 0 Å². The number of hydrogen-bond acceptors (Lipinski definition) is 2. The minimum atomic E-state index is 0.374. The maximum Gasteiger partial charge on any atom is 0.120 e. The van der Waals surface area contributed by atoms with Crippen molar-refractivity contribution in [1.82, 2.24) is 5.32 Å². The molecule has 1 unspecified atom stereocenters. The van der Waals surface area contributed by atoms with E-state index in [0.717, 1.165) is 18.6 Å². The largest absolute Gasteiger partial charge is 0.497 e. The third-order valence-corrected chi connectivity index (χ3v) is 4.68. The second kappa shape index (κ2) is 5.22. The summed E-state index contributed by atoms with van der Waals surface area (Å²) in [6, 6.07) is 4.66. The Bertz CT molecular complexity index is 442. The summed E-state index contributed by atoms with van der Waals surface area (Å²) in [4.78, 5) is 0. The van der Waals surface area contributed by atoms with Crippen molar-refractivity contribution in [2.45, 2.75) is 39.2 Å². The topological polar surface area (TPSA) is 21.3 Å². The van der Waals surface area contributed by atoms with Gasteiger partial charge in [0.05, 0.1) is 7.11 Å². The average Bonchev–Trinajstić information content (AvgIpc) is 2.46. The summed E-state index contributed by atoms with van der Waals surface area (Å²) in [6.45, 7) is 4.71. The van der Waals surface area contributed by atoms with Crippen LogP contribution in [-0.4, -0.2) is 14.2 Å². The van der Waals surface area contributed by atoms with Crippen LogP contribution in [-0.2, 0) is 6.42 Å². The van der Waals surface area contributed by atoms with Crippen molar-refractivity contribution < 1.29 is 4.74 Å². The number of benzene rings is 1. The molecule has 0 amide bonds. The first-order chi connectivity index (χ1) is 8.46. The molecule has 1 aliphatic rings. The fourth-order valence-corrected chi connectivity index (χ4v) is 3.46. The predicted molar refractivity (Wildman–Crippen MR) is 79.2 cm³/mol. The summed E-state index contributed by atoms with van der Waals surface area (Å²) < 4.78 is 6.56. The molecule has 1 aromatic rings. The van der Waals surface area contributed by atoms with E-state index in [1.165, 1.54) is 22.0 Å². The smallest absolute Gasteiger partial charge is 0.120 e. The van der Waals surface area contributed by atoms with Crippen molar-refractivity contribution in [3.05, 3.63) is 27.7 Å². The van der Waals surface area contributed by atoms with E-state index in [2.05, 4.69) is 47.2 Å². The van der Waals surface area contributed by atoms with E-state index in [1.54, 1.807) is 7.11 Å². The number of halogens is 1. The third-order valence-electron chi connectivity index (χ3n) is 3.97. The summed E-state index contributed by atoms with van der Waals surface area (Å²) in [5.74, 6) is 0.931. The molecule has 0 bridgehead atoms. The van der Waals surface area contributed by atoms with Crippen molar-refractivity contribution in [3.63, 3.8) is 0 Å². The van der Waals surface area contributed by atoms with Crippen LogP contribution in [0.4, 0.5) is 0 Å². The molecule has 0 aromatic heterocycles. The van der Waals surface area contributed by atoms with Crippen LogP contribution >= 0.6 is 15.9 Å². The van der Waals surface area contributed by atoms with Crippen LogP contribution in [0.25, 0.3) is 0 Å². The predicted octanol–water partition coefficient (Wildman–Crippen LogP) is 4.08. The van der Waals surface area contributed by atoms with E-state index < -0.39 is 0 Å². The number of ether oxygens (including phenoxy) is 1. The standard InChI is InChI=1S/C15H22BrNO/c1-15(2)6-5-11-12(14(9-15)17-3)7-10(18-4)8-13(11)16/h7-8,14,17H,5-6,9H2,1-4H3. The lowest BCUT2D eigenvalue weighted by Gasteiger charge is -2.26. The summed E-state index contributed by atoms with van der Waals surface area (Å²) in [5.41, 5.74) is 3.19. The minimum absolute atomic E-state index is 0.374. The van der Waals surface area contributed by atoms with Crippen LogP contribution in [0.15, 0.2) is 16.6 Å². The molecule has 1 aromatic carbocycles. The highest BCUT2D eigenvalue weighted by molar-refractivity contribution is 9.10. The van der Waals surface area contributed by atoms with E-state index in [4.69, 9.17) is 4.74 Å². The second-order valence-electron chi connectivity index (χ2n) is 5.89. The van der Waals surface area contributed by atoms with Crippen LogP contribution in [0.3, 0.4) is 0 Å². The van der Waals surface area contributed by atoms with Crippen molar-refractivity contribution in [1.29, 1.82) is 0 Å². The first-order valence-corrected chi connectivity index (χ1v) is 7.30. The lowest BCUT2D eigenvalue weighted by molar-refractivity contribution is 0.279. The quantitative estimate of drug-likeness (QED) is 0.831. The van der Waals surface area contributed by atoms with Crippen LogP contribution in [0.5, 0.6) is 5.75 Å². The number of fused-ring (bicyclic) bond motifs is 1. The van der Waals surface area contributed by atoms with Gasteiger partial charge in [0.2, 0.25) is 0 Å². The Kier molecular flexibility index (Phi) is 4.02. The molecule has 1 N–H and O–H groups in total. The molecule has 1 atom stereocenters. The summed E-state index contributed by atoms with van der Waals surface area (Å²) in [6.07, 6.45) is 3.52. The molecule has 100 valence electrons. The monoisotopic (exact) mass is 311 g/mol. The van der Waals surface area contributed by atoms with E-state index in [-0.39, 0.29) is 0 Å². The highest BCUT2D eigenvalue weighted by Crippen LogP contribution is 2.42. The molecule has 0 saturated heterocycles. The van der Waals surface area contributed by atoms with Crippen LogP contribution in [0, 0.1) is 5.41 Å². The molecule has 0 fully saturated rings. The van der Waals surface area contributed by atoms with Gasteiger partial charge in [-0.2, -0.15) is 0 Å². The maximum atomic E-state index is 5.39. The Morgan fingerprint density at radius 3 is 2.72 bits per heavy atom. The van der Waals surface area contributed by atoms with Gasteiger partial charge in [0.25, 0.3) is 0 Å². The van der Waals surface area contributed by atoms with Gasteiger partial charge in [0.1, 0.15) is 5.75 Å². The molecule has 0 spiro atoms. The third kappa shape index (κ3) is 2.72. The SMILES string of the molecule is CNC1CC(C)(C)CCc2c(Br)cc(OC)cc21. The van der Waals surface area contributed by atoms with Gasteiger partial charge in [-0.05, 0) is 55.0 Å². The first kappa shape index (κ1) is 13.9. The lowest BCUT2D eigenvalue weighted by Crippen LogP contribution is -2.22. The Morgan fingerprint density at radius 1 is 1.39 bits per heavy atom. The minimum Gasteiger partial charge on any atom is -0.497 e. The van der Waals surface area contributed by atoms with Gasteiger partial charge >= 0.3 is 0 Å². The molecule has 3 heteroatoms. The number of hydrogen-bond donors (Lipinski definition) is 1. The molecule has 2 nitrogen and oxygen atoms in total. The zero-order valence-corrected chi connectivity index (χ0v) is 13.2. The van der Waals surface area contributed by atoms with Crippen molar-refractivity contribution in [2.24, 2.45) is 5.41 Å². The fourth-order valence-electron chi connectivity index (χ4n) is 2.81. The van der Waals surface area contributed by atoms with E-state index in [9.17, 15) is 0 Å². The highest BCUT2D eigenvalue weighted by atomic mass is 79.9. The second-order valence-corrected chi connectivity index (χ2v) is 6.74. The summed E-state index contributed by atoms with van der Waals surface area (Å²) in [7, 11) is 3.77. The van der Waals surface area contributed by atoms with Crippen molar-refractivity contribution in [2.75, 3.05) is 14.2 Å². The number of methoxy groups -OCH3 is 1. The number of nitrogens with one attached hydrogen (secondary N) is 1. The maximum absolute atomic E-state index is 5.39. The van der Waals surface area contributed by atoms with Gasteiger partial charge < -0.3 is 10.1 Å². The molecular formula is C15H22BrNO. The highest BCUT2D eigenvalue weighted by Gasteiger charge is 2.30. The molecular weight excluding hydrogens is 290 g/mol. The normalized spacial score (nSPS) is 22.2. The van der Waals surface area contributed by atoms with Gasteiger partial charge in [-0.1, -0.05) is 29.8 Å². The van der Waals surface area contributed by atoms with Gasteiger partial charge in [0, 0.05) is 10.5 Å². The lowest BCUT2D eigenvalue weighted by atomic mass is 9.83. The summed E-state index contributed by atoms with van der Waals surface area (Å²) >= 11 is 3.69. The molecule has 1 aliphatic carbocycles. The Morgan fingerprint density at radius 2 is 2.11 bits per heavy atom. The molecule has 0 radical (unpaired) electrons. The molecule has 0 heterocycles. The zero-order chi connectivity index (χ0) is 13.3. The Hall–Kier alpha value is -0.540. The van der Waals surface area contributed by atoms with Gasteiger partial charge in [-0.3, -0.25) is 0 Å². The van der Waals surface area contributed by atoms with E-state index >= 15 is 0 Å². The first-order valence-electron chi connectivity index (χ1n) is 6.50. The Balaban J connectivity index is 2.50. The van der Waals surface area contributed by atoms with E-state index in [0.29, 0.717) is 11.5 Å². The Labute approximate surface area is 118 Å². The van der Waals surface area contributed by atoms with Crippen molar-refractivity contribution >= 4 is 15.9 Å². The van der Waals surface area contributed by atoms with Crippen LogP contribution < -0.4 is 10.1 Å². The average molecular weight is 312 g/mol. The molecule has 18 heavy (non-hydrogen) atoms. The van der Waals surface area contributed by atoms with Gasteiger partial charge in [0.15, 0.2) is 0 Å². The van der Waals surface area contributed by atoms with Gasteiger partial charge in [-0.25, -0.2) is 0 Å². The zero-order valence-electron chi connectivity index (χ0n) is 11.6. The molecule has 0 saturated carbocycles. The molecule has 0 aliphatic heterocycles.